The highest BCUT2D eigenvalue weighted by Crippen LogP contribution is 2.39. The molecule has 1 aliphatic carbocycles. The Morgan fingerprint density at radius 2 is 2.22 bits per heavy atom. The maximum absolute atomic E-state index is 9.39. The molecule has 6 nitrogen and oxygen atoms in total. The smallest absolute Gasteiger partial charge is 0.145 e. The van der Waals surface area contributed by atoms with E-state index >= 15 is 0 Å². The number of nitrogens with zero attached hydrogens (tertiary/aromatic N) is 3. The Labute approximate surface area is 106 Å². The Balaban J connectivity index is 1.92. The van der Waals surface area contributed by atoms with Gasteiger partial charge >= 0.3 is 0 Å². The van der Waals surface area contributed by atoms with E-state index in [1.165, 1.54) is 0 Å². The highest BCUT2D eigenvalue weighted by atomic mass is 16.3. The number of anilines is 2. The SMILES string of the molecule is NNc1cc(N2CCCC2CO)nc(C2CC2)n1. The van der Waals surface area contributed by atoms with Crippen LogP contribution in [0.15, 0.2) is 6.07 Å². The summed E-state index contributed by atoms with van der Waals surface area (Å²) >= 11 is 0. The van der Waals surface area contributed by atoms with E-state index < -0.39 is 0 Å². The van der Waals surface area contributed by atoms with Gasteiger partial charge in [0, 0.05) is 18.5 Å². The summed E-state index contributed by atoms with van der Waals surface area (Å²) in [5.41, 5.74) is 2.61. The number of hydrazine groups is 1. The fourth-order valence-electron chi connectivity index (χ4n) is 2.52. The van der Waals surface area contributed by atoms with Gasteiger partial charge in [-0.2, -0.15) is 0 Å². The summed E-state index contributed by atoms with van der Waals surface area (Å²) in [4.78, 5) is 11.2. The molecule has 18 heavy (non-hydrogen) atoms. The first-order valence-electron chi connectivity index (χ1n) is 6.55. The van der Waals surface area contributed by atoms with Crippen LogP contribution in [0.5, 0.6) is 0 Å². The zero-order valence-corrected chi connectivity index (χ0v) is 10.3. The quantitative estimate of drug-likeness (QED) is 0.535. The van der Waals surface area contributed by atoms with Gasteiger partial charge in [-0.25, -0.2) is 15.8 Å². The van der Waals surface area contributed by atoms with E-state index in [1.54, 1.807) is 0 Å². The molecule has 1 atom stereocenters. The van der Waals surface area contributed by atoms with Gasteiger partial charge in [-0.3, -0.25) is 0 Å². The summed E-state index contributed by atoms with van der Waals surface area (Å²) in [6.45, 7) is 1.12. The molecule has 2 heterocycles. The van der Waals surface area contributed by atoms with E-state index in [9.17, 15) is 5.11 Å². The number of rotatable bonds is 4. The number of hydrogen-bond donors (Lipinski definition) is 3. The largest absolute Gasteiger partial charge is 0.394 e. The van der Waals surface area contributed by atoms with Gasteiger partial charge in [0.25, 0.3) is 0 Å². The minimum Gasteiger partial charge on any atom is -0.394 e. The number of aliphatic hydroxyl groups excluding tert-OH is 1. The molecule has 0 spiro atoms. The molecule has 1 aliphatic heterocycles. The van der Waals surface area contributed by atoms with Crippen molar-refractivity contribution in [3.63, 3.8) is 0 Å². The van der Waals surface area contributed by atoms with Crippen molar-refractivity contribution in [1.29, 1.82) is 0 Å². The second-order valence-corrected chi connectivity index (χ2v) is 5.06. The molecule has 98 valence electrons. The average molecular weight is 249 g/mol. The fraction of sp³-hybridized carbons (Fsp3) is 0.667. The second-order valence-electron chi connectivity index (χ2n) is 5.06. The highest BCUT2D eigenvalue weighted by molar-refractivity contribution is 5.50. The second kappa shape index (κ2) is 4.70. The standard InChI is InChI=1S/C12H19N5O/c13-16-10-6-11(15-12(14-10)8-3-4-8)17-5-1-2-9(17)7-18/h6,8-9,18H,1-5,7,13H2,(H,14,15,16). The Bertz CT molecular complexity index is 434. The van der Waals surface area contributed by atoms with Crippen LogP contribution in [-0.4, -0.2) is 34.3 Å². The molecule has 2 aliphatic rings. The van der Waals surface area contributed by atoms with Gasteiger partial charge in [-0.15, -0.1) is 0 Å². The first-order valence-corrected chi connectivity index (χ1v) is 6.55. The van der Waals surface area contributed by atoms with E-state index in [4.69, 9.17) is 5.84 Å². The van der Waals surface area contributed by atoms with Crippen LogP contribution in [0.3, 0.4) is 0 Å². The van der Waals surface area contributed by atoms with Crippen LogP contribution < -0.4 is 16.2 Å². The van der Waals surface area contributed by atoms with Crippen LogP contribution in [0.4, 0.5) is 11.6 Å². The predicted molar refractivity (Wildman–Crippen MR) is 69.3 cm³/mol. The lowest BCUT2D eigenvalue weighted by Crippen LogP contribution is -2.33. The Morgan fingerprint density at radius 3 is 2.89 bits per heavy atom. The van der Waals surface area contributed by atoms with Crippen LogP contribution >= 0.6 is 0 Å². The van der Waals surface area contributed by atoms with E-state index in [2.05, 4.69) is 20.3 Å². The first-order chi connectivity index (χ1) is 8.81. The maximum Gasteiger partial charge on any atom is 0.145 e. The third kappa shape index (κ3) is 2.13. The molecule has 0 bridgehead atoms. The fourth-order valence-corrected chi connectivity index (χ4v) is 2.52. The lowest BCUT2D eigenvalue weighted by molar-refractivity contribution is 0.266. The Hall–Kier alpha value is -1.40. The summed E-state index contributed by atoms with van der Waals surface area (Å²) in [6, 6.07) is 2.04. The van der Waals surface area contributed by atoms with Crippen molar-refractivity contribution < 1.29 is 5.11 Å². The van der Waals surface area contributed by atoms with Crippen LogP contribution in [0.1, 0.15) is 37.4 Å². The zero-order chi connectivity index (χ0) is 12.5. The summed E-state index contributed by atoms with van der Waals surface area (Å²) < 4.78 is 0. The predicted octanol–water partition coefficient (Wildman–Crippen LogP) is 0.601. The molecule has 0 aromatic carbocycles. The molecule has 1 saturated carbocycles. The van der Waals surface area contributed by atoms with Gasteiger partial charge in [0.05, 0.1) is 12.6 Å². The summed E-state index contributed by atoms with van der Waals surface area (Å²) in [6.07, 6.45) is 4.44. The summed E-state index contributed by atoms with van der Waals surface area (Å²) in [7, 11) is 0. The van der Waals surface area contributed by atoms with Crippen molar-refractivity contribution in [2.45, 2.75) is 37.6 Å². The number of aromatic nitrogens is 2. The molecule has 2 fully saturated rings. The van der Waals surface area contributed by atoms with E-state index in [0.717, 1.165) is 43.9 Å². The molecule has 3 rings (SSSR count). The van der Waals surface area contributed by atoms with Gasteiger partial charge in [-0.1, -0.05) is 0 Å². The molecule has 1 saturated heterocycles. The van der Waals surface area contributed by atoms with Crippen LogP contribution in [0.25, 0.3) is 0 Å². The number of hydrogen-bond acceptors (Lipinski definition) is 6. The van der Waals surface area contributed by atoms with Gasteiger partial charge in [0.1, 0.15) is 17.5 Å². The van der Waals surface area contributed by atoms with Crippen molar-refractivity contribution in [2.75, 3.05) is 23.5 Å². The number of aliphatic hydroxyl groups is 1. The topological polar surface area (TPSA) is 87.3 Å². The molecule has 4 N–H and O–H groups in total. The lowest BCUT2D eigenvalue weighted by Gasteiger charge is -2.24. The molecule has 0 radical (unpaired) electrons. The number of nitrogens with one attached hydrogen (secondary N) is 1. The molecule has 1 aromatic rings. The Morgan fingerprint density at radius 1 is 1.39 bits per heavy atom. The zero-order valence-electron chi connectivity index (χ0n) is 10.3. The Kier molecular flexibility index (Phi) is 3.05. The number of nitrogen functional groups attached to an aromatic ring is 1. The summed E-state index contributed by atoms with van der Waals surface area (Å²) in [5.74, 6) is 8.38. The van der Waals surface area contributed by atoms with Gasteiger partial charge in [-0.05, 0) is 25.7 Å². The molecule has 6 heteroatoms. The van der Waals surface area contributed by atoms with Crippen LogP contribution in [0.2, 0.25) is 0 Å². The minimum atomic E-state index is 0.175. The van der Waals surface area contributed by atoms with Gasteiger partial charge < -0.3 is 15.4 Å². The summed E-state index contributed by atoms with van der Waals surface area (Å²) in [5, 5.41) is 9.39. The van der Waals surface area contributed by atoms with E-state index in [1.807, 2.05) is 6.07 Å². The molecule has 0 amide bonds. The van der Waals surface area contributed by atoms with Crippen molar-refractivity contribution in [3.8, 4) is 0 Å². The monoisotopic (exact) mass is 249 g/mol. The maximum atomic E-state index is 9.39. The average Bonchev–Trinajstić information content (AvgIpc) is 3.15. The number of nitrogens with two attached hydrogens (primary N) is 1. The van der Waals surface area contributed by atoms with Gasteiger partial charge in [0.15, 0.2) is 0 Å². The van der Waals surface area contributed by atoms with Crippen LogP contribution in [-0.2, 0) is 0 Å². The van der Waals surface area contributed by atoms with Crippen molar-refractivity contribution in [1.82, 2.24) is 9.97 Å². The van der Waals surface area contributed by atoms with Crippen molar-refractivity contribution in [3.05, 3.63) is 11.9 Å². The lowest BCUT2D eigenvalue weighted by atomic mass is 10.2. The van der Waals surface area contributed by atoms with Crippen molar-refractivity contribution >= 4 is 11.6 Å². The van der Waals surface area contributed by atoms with Crippen molar-refractivity contribution in [2.24, 2.45) is 5.84 Å². The highest BCUT2D eigenvalue weighted by Gasteiger charge is 2.30. The minimum absolute atomic E-state index is 0.175. The molecular formula is C12H19N5O. The third-order valence-electron chi connectivity index (χ3n) is 3.70. The van der Waals surface area contributed by atoms with Gasteiger partial charge in [0.2, 0.25) is 0 Å². The molecular weight excluding hydrogens is 230 g/mol. The van der Waals surface area contributed by atoms with Crippen LogP contribution in [0, 0.1) is 0 Å². The normalized spacial score (nSPS) is 23.4. The van der Waals surface area contributed by atoms with E-state index in [0.29, 0.717) is 11.7 Å². The van der Waals surface area contributed by atoms with E-state index in [-0.39, 0.29) is 12.6 Å². The molecule has 1 aromatic heterocycles. The third-order valence-corrected chi connectivity index (χ3v) is 3.70. The molecule has 1 unspecified atom stereocenters. The first kappa shape index (κ1) is 11.7.